The molecule has 2 saturated heterocycles. The fraction of sp³-hybridized carbons (Fsp3) is 0.346. The molecule has 166 valence electrons. The number of nitrogens with two attached hydrogens (primary N) is 1. The molecule has 7 heteroatoms. The molecule has 1 aromatic carbocycles. The molecule has 1 aliphatic carbocycles. The Balaban J connectivity index is 1.45. The summed E-state index contributed by atoms with van der Waals surface area (Å²) in [6.45, 7) is 1.55. The molecule has 5 heterocycles. The average Bonchev–Trinajstić information content (AvgIpc) is 3.52. The number of hydrogen-bond donors (Lipinski definition) is 1. The summed E-state index contributed by atoms with van der Waals surface area (Å²) in [6.07, 6.45) is 7.53. The van der Waals surface area contributed by atoms with E-state index in [2.05, 4.69) is 44.8 Å². The van der Waals surface area contributed by atoms with Crippen LogP contribution < -0.4 is 10.6 Å². The van der Waals surface area contributed by atoms with Crippen molar-refractivity contribution in [3.05, 3.63) is 59.8 Å². The van der Waals surface area contributed by atoms with Gasteiger partial charge in [0.2, 0.25) is 0 Å². The zero-order valence-corrected chi connectivity index (χ0v) is 18.4. The predicted molar refractivity (Wildman–Crippen MR) is 129 cm³/mol. The Morgan fingerprint density at radius 2 is 1.79 bits per heavy atom. The van der Waals surface area contributed by atoms with Crippen LogP contribution in [0.3, 0.4) is 0 Å². The largest absolute Gasteiger partial charge is 0.383 e. The van der Waals surface area contributed by atoms with Gasteiger partial charge >= 0.3 is 0 Å². The smallest absolute Gasteiger partial charge is 0.167 e. The van der Waals surface area contributed by atoms with Crippen LogP contribution in [0.2, 0.25) is 0 Å². The lowest BCUT2D eigenvalue weighted by Crippen LogP contribution is -2.46. The van der Waals surface area contributed by atoms with Crippen molar-refractivity contribution < 1.29 is 4.74 Å². The fourth-order valence-electron chi connectivity index (χ4n) is 5.82. The van der Waals surface area contributed by atoms with E-state index in [0.717, 1.165) is 73.0 Å². The number of benzene rings is 1. The van der Waals surface area contributed by atoms with Crippen molar-refractivity contribution >= 4 is 22.8 Å². The zero-order valence-electron chi connectivity index (χ0n) is 18.4. The van der Waals surface area contributed by atoms with Crippen molar-refractivity contribution in [3.8, 4) is 17.1 Å². The molecule has 3 aromatic heterocycles. The van der Waals surface area contributed by atoms with Gasteiger partial charge in [-0.3, -0.25) is 4.57 Å². The molecule has 0 radical (unpaired) electrons. The number of imidazole rings is 1. The number of ether oxygens (including phenoxy) is 1. The van der Waals surface area contributed by atoms with Crippen molar-refractivity contribution in [2.24, 2.45) is 0 Å². The lowest BCUT2D eigenvalue weighted by molar-refractivity contribution is 0.0902. The molecule has 2 aliphatic heterocycles. The molecule has 2 fully saturated rings. The molecule has 4 aromatic rings. The summed E-state index contributed by atoms with van der Waals surface area (Å²) in [7, 11) is 0. The summed E-state index contributed by atoms with van der Waals surface area (Å²) in [6, 6.07) is 15.6. The molecule has 7 nitrogen and oxygen atoms in total. The highest BCUT2D eigenvalue weighted by molar-refractivity contribution is 5.84. The minimum Gasteiger partial charge on any atom is -0.383 e. The Hall–Kier alpha value is -3.45. The van der Waals surface area contributed by atoms with Gasteiger partial charge < -0.3 is 15.4 Å². The summed E-state index contributed by atoms with van der Waals surface area (Å²) < 4.78 is 7.96. The number of rotatable bonds is 3. The maximum Gasteiger partial charge on any atom is 0.167 e. The summed E-state index contributed by atoms with van der Waals surface area (Å²) in [5.74, 6) is 2.26. The van der Waals surface area contributed by atoms with Gasteiger partial charge in [0.1, 0.15) is 17.2 Å². The number of aromatic nitrogens is 4. The van der Waals surface area contributed by atoms with Crippen molar-refractivity contribution in [1.82, 2.24) is 19.5 Å². The van der Waals surface area contributed by atoms with Crippen molar-refractivity contribution in [2.75, 3.05) is 23.8 Å². The highest BCUT2D eigenvalue weighted by Crippen LogP contribution is 2.36. The van der Waals surface area contributed by atoms with Crippen LogP contribution in [0.1, 0.15) is 30.4 Å². The Morgan fingerprint density at radius 1 is 0.939 bits per heavy atom. The van der Waals surface area contributed by atoms with Crippen LogP contribution in [-0.2, 0) is 17.6 Å². The van der Waals surface area contributed by atoms with Crippen LogP contribution >= 0.6 is 0 Å². The first-order valence-electron chi connectivity index (χ1n) is 11.8. The second-order valence-electron chi connectivity index (χ2n) is 9.36. The molecule has 0 amide bonds. The third kappa shape index (κ3) is 2.95. The van der Waals surface area contributed by atoms with Crippen LogP contribution in [0.5, 0.6) is 0 Å². The molecular weight excluding hydrogens is 412 g/mol. The predicted octanol–water partition coefficient (Wildman–Crippen LogP) is 3.92. The van der Waals surface area contributed by atoms with E-state index in [1.807, 2.05) is 12.1 Å². The molecule has 33 heavy (non-hydrogen) atoms. The zero-order chi connectivity index (χ0) is 21.9. The third-order valence-corrected chi connectivity index (χ3v) is 7.41. The van der Waals surface area contributed by atoms with E-state index in [4.69, 9.17) is 20.4 Å². The van der Waals surface area contributed by atoms with Gasteiger partial charge in [0.25, 0.3) is 0 Å². The minimum atomic E-state index is 0.401. The number of fused-ring (bicyclic) bond motifs is 4. The molecule has 3 aliphatic rings. The Bertz CT molecular complexity index is 1360. The molecule has 0 spiro atoms. The lowest BCUT2D eigenvalue weighted by Gasteiger charge is -2.35. The first-order chi connectivity index (χ1) is 16.3. The van der Waals surface area contributed by atoms with Gasteiger partial charge in [-0.2, -0.15) is 0 Å². The van der Waals surface area contributed by atoms with E-state index in [-0.39, 0.29) is 0 Å². The highest BCUT2D eigenvalue weighted by Gasteiger charge is 2.38. The van der Waals surface area contributed by atoms with Gasteiger partial charge in [-0.25, -0.2) is 15.0 Å². The van der Waals surface area contributed by atoms with E-state index in [9.17, 15) is 0 Å². The van der Waals surface area contributed by atoms with Crippen LogP contribution in [0.15, 0.2) is 48.7 Å². The number of hydrogen-bond acceptors (Lipinski definition) is 6. The van der Waals surface area contributed by atoms with Crippen molar-refractivity contribution in [2.45, 2.75) is 44.2 Å². The number of pyridine rings is 2. The van der Waals surface area contributed by atoms with Crippen molar-refractivity contribution in [1.29, 1.82) is 0 Å². The van der Waals surface area contributed by atoms with E-state index >= 15 is 0 Å². The van der Waals surface area contributed by atoms with Crippen LogP contribution in [0.25, 0.3) is 28.2 Å². The van der Waals surface area contributed by atoms with Gasteiger partial charge in [0, 0.05) is 11.9 Å². The second-order valence-corrected chi connectivity index (χ2v) is 9.36. The maximum atomic E-state index is 6.30. The average molecular weight is 439 g/mol. The number of anilines is 2. The molecular formula is C26H26N6O. The van der Waals surface area contributed by atoms with Gasteiger partial charge in [-0.1, -0.05) is 6.07 Å². The molecule has 7 rings (SSSR count). The third-order valence-electron chi connectivity index (χ3n) is 7.41. The summed E-state index contributed by atoms with van der Waals surface area (Å²) in [5, 5.41) is 0. The van der Waals surface area contributed by atoms with Crippen molar-refractivity contribution in [3.63, 3.8) is 0 Å². The molecule has 2 unspecified atom stereocenters. The van der Waals surface area contributed by atoms with E-state index in [1.54, 1.807) is 6.20 Å². The second kappa shape index (κ2) is 7.28. The fourth-order valence-corrected chi connectivity index (χ4v) is 5.82. The first kappa shape index (κ1) is 19.1. The topological polar surface area (TPSA) is 82.1 Å². The SMILES string of the molecule is Nc1ncccc1-c1nc2ccc(N3C4CCC3COC4)nc2n1-c1ccc2c(c1)CCC2. The van der Waals surface area contributed by atoms with E-state index in [0.29, 0.717) is 17.9 Å². The number of aryl methyl sites for hydroxylation is 2. The Morgan fingerprint density at radius 3 is 2.64 bits per heavy atom. The monoisotopic (exact) mass is 438 g/mol. The quantitative estimate of drug-likeness (QED) is 0.522. The highest BCUT2D eigenvalue weighted by atomic mass is 16.5. The molecule has 2 atom stereocenters. The Labute approximate surface area is 192 Å². The Kier molecular flexibility index (Phi) is 4.21. The number of nitrogens with zero attached hydrogens (tertiary/aromatic N) is 5. The molecule has 0 saturated carbocycles. The summed E-state index contributed by atoms with van der Waals surface area (Å²) in [5.41, 5.74) is 12.8. The standard InChI is InChI=1S/C26H26N6O/c27-24-21(5-2-12-28-24)25-29-22-10-11-23(31-19-8-9-20(31)15-33-14-19)30-26(22)32(25)18-7-6-16-3-1-4-17(16)13-18/h2,5-7,10-13,19-20H,1,3-4,8-9,14-15H2,(H2,27,28). The maximum absolute atomic E-state index is 6.30. The normalized spacial score (nSPS) is 21.6. The summed E-state index contributed by atoms with van der Waals surface area (Å²) in [4.78, 5) is 17.0. The van der Waals surface area contributed by atoms with Gasteiger partial charge in [-0.05, 0) is 79.6 Å². The van der Waals surface area contributed by atoms with E-state index < -0.39 is 0 Å². The number of nitrogen functional groups attached to an aromatic ring is 1. The minimum absolute atomic E-state index is 0.401. The summed E-state index contributed by atoms with van der Waals surface area (Å²) >= 11 is 0. The lowest BCUT2D eigenvalue weighted by atomic mass is 10.1. The first-order valence-corrected chi connectivity index (χ1v) is 11.8. The van der Waals surface area contributed by atoms with E-state index in [1.165, 1.54) is 17.5 Å². The number of morpholine rings is 1. The molecule has 2 bridgehead atoms. The van der Waals surface area contributed by atoms with Crippen LogP contribution in [-0.4, -0.2) is 44.8 Å². The van der Waals surface area contributed by atoms with Crippen LogP contribution in [0, 0.1) is 0 Å². The van der Waals surface area contributed by atoms with Crippen LogP contribution in [0.4, 0.5) is 11.6 Å². The van der Waals surface area contributed by atoms with Gasteiger partial charge in [-0.15, -0.1) is 0 Å². The van der Waals surface area contributed by atoms with Gasteiger partial charge in [0.15, 0.2) is 11.5 Å². The molecule has 2 N–H and O–H groups in total. The van der Waals surface area contributed by atoms with Gasteiger partial charge in [0.05, 0.1) is 30.9 Å².